The summed E-state index contributed by atoms with van der Waals surface area (Å²) in [6.07, 6.45) is 3.99. The van der Waals surface area contributed by atoms with Crippen molar-refractivity contribution in [3.63, 3.8) is 0 Å². The van der Waals surface area contributed by atoms with Gasteiger partial charge >= 0.3 is 0 Å². The molecule has 1 aromatic heterocycles. The maximum atomic E-state index is 4.42. The van der Waals surface area contributed by atoms with Gasteiger partial charge < -0.3 is 5.32 Å². The molecule has 0 aliphatic heterocycles. The molecule has 2 aromatic rings. The van der Waals surface area contributed by atoms with E-state index in [-0.39, 0.29) is 0 Å². The fourth-order valence-corrected chi connectivity index (χ4v) is 2.00. The van der Waals surface area contributed by atoms with Gasteiger partial charge in [0.1, 0.15) is 0 Å². The first-order valence-electron chi connectivity index (χ1n) is 5.97. The summed E-state index contributed by atoms with van der Waals surface area (Å²) in [5.74, 6) is 0. The number of hydrogen-bond acceptors (Lipinski definition) is 2. The second-order valence-corrected chi connectivity index (χ2v) is 4.36. The molecule has 0 fully saturated rings. The Bertz CT molecular complexity index is 448. The van der Waals surface area contributed by atoms with Crippen LogP contribution in [-0.4, -0.2) is 22.9 Å². The van der Waals surface area contributed by atoms with E-state index in [0.29, 0.717) is 6.04 Å². The number of benzene rings is 1. The number of rotatable bonds is 5. The van der Waals surface area contributed by atoms with E-state index in [0.717, 1.165) is 18.5 Å². The minimum absolute atomic E-state index is 0.437. The first-order valence-corrected chi connectivity index (χ1v) is 5.97. The maximum Gasteiger partial charge on any atom is 0.0640 e. The van der Waals surface area contributed by atoms with Gasteiger partial charge in [0.25, 0.3) is 0 Å². The van der Waals surface area contributed by atoms with Gasteiger partial charge in [-0.15, -0.1) is 0 Å². The molecular formula is C14H19N3. The number of nitrogens with zero attached hydrogens (tertiary/aromatic N) is 2. The zero-order chi connectivity index (χ0) is 12.1. The van der Waals surface area contributed by atoms with Crippen LogP contribution in [0.15, 0.2) is 42.6 Å². The van der Waals surface area contributed by atoms with Crippen LogP contribution in [0.25, 0.3) is 0 Å². The number of aromatic nitrogens is 2. The largest absolute Gasteiger partial charge is 0.316 e. The molecule has 3 heteroatoms. The minimum atomic E-state index is 0.437. The number of hydrogen-bond donors (Lipinski definition) is 1. The van der Waals surface area contributed by atoms with Crippen molar-refractivity contribution in [1.29, 1.82) is 0 Å². The molecule has 3 nitrogen and oxygen atoms in total. The van der Waals surface area contributed by atoms with E-state index in [1.54, 1.807) is 0 Å². The Kier molecular flexibility index (Phi) is 3.94. The zero-order valence-corrected chi connectivity index (χ0v) is 10.4. The third-order valence-corrected chi connectivity index (χ3v) is 2.96. The monoisotopic (exact) mass is 229 g/mol. The summed E-state index contributed by atoms with van der Waals surface area (Å²) in [4.78, 5) is 0. The van der Waals surface area contributed by atoms with E-state index >= 15 is 0 Å². The molecule has 0 saturated heterocycles. The Labute approximate surface area is 102 Å². The molecule has 1 heterocycles. The molecule has 0 spiro atoms. The molecule has 2 rings (SSSR count). The summed E-state index contributed by atoms with van der Waals surface area (Å²) in [5.41, 5.74) is 2.51. The van der Waals surface area contributed by atoms with E-state index < -0.39 is 0 Å². The van der Waals surface area contributed by atoms with Crippen LogP contribution >= 0.6 is 0 Å². The fraction of sp³-hybridized carbons (Fsp3) is 0.357. The highest BCUT2D eigenvalue weighted by molar-refractivity contribution is 5.16. The molecular weight excluding hydrogens is 210 g/mol. The molecule has 0 bridgehead atoms. The topological polar surface area (TPSA) is 29.9 Å². The predicted molar refractivity (Wildman–Crippen MR) is 69.9 cm³/mol. The summed E-state index contributed by atoms with van der Waals surface area (Å²) >= 11 is 0. The van der Waals surface area contributed by atoms with Crippen molar-refractivity contribution >= 4 is 0 Å². The van der Waals surface area contributed by atoms with Crippen molar-refractivity contribution in [3.05, 3.63) is 53.9 Å². The van der Waals surface area contributed by atoms with Gasteiger partial charge in [-0.2, -0.15) is 5.10 Å². The lowest BCUT2D eigenvalue weighted by atomic mass is 10.0. The highest BCUT2D eigenvalue weighted by atomic mass is 15.2. The lowest BCUT2D eigenvalue weighted by molar-refractivity contribution is 0.545. The lowest BCUT2D eigenvalue weighted by Crippen LogP contribution is -2.30. The fourth-order valence-electron chi connectivity index (χ4n) is 2.00. The molecule has 0 aliphatic carbocycles. The summed E-state index contributed by atoms with van der Waals surface area (Å²) in [6, 6.07) is 13.1. The number of aryl methyl sites for hydroxylation is 1. The first kappa shape index (κ1) is 11.9. The van der Waals surface area contributed by atoms with Gasteiger partial charge in [-0.05, 0) is 25.1 Å². The highest BCUT2D eigenvalue weighted by Crippen LogP contribution is 2.07. The van der Waals surface area contributed by atoms with Crippen LogP contribution in [0.4, 0.5) is 0 Å². The molecule has 1 aromatic carbocycles. The second kappa shape index (κ2) is 5.64. The Morgan fingerprint density at radius 2 is 1.94 bits per heavy atom. The quantitative estimate of drug-likeness (QED) is 0.847. The van der Waals surface area contributed by atoms with Gasteiger partial charge in [-0.25, -0.2) is 0 Å². The summed E-state index contributed by atoms with van der Waals surface area (Å²) < 4.78 is 1.85. The van der Waals surface area contributed by atoms with Crippen LogP contribution in [-0.2, 0) is 19.9 Å². The molecule has 90 valence electrons. The first-order chi connectivity index (χ1) is 8.28. The number of nitrogens with one attached hydrogen (secondary N) is 1. The van der Waals surface area contributed by atoms with Crippen molar-refractivity contribution in [1.82, 2.24) is 15.1 Å². The smallest absolute Gasteiger partial charge is 0.0640 e. The van der Waals surface area contributed by atoms with Crippen LogP contribution in [0.2, 0.25) is 0 Å². The Balaban J connectivity index is 1.98. The Morgan fingerprint density at radius 3 is 2.53 bits per heavy atom. The van der Waals surface area contributed by atoms with Gasteiger partial charge in [0, 0.05) is 25.7 Å². The highest BCUT2D eigenvalue weighted by Gasteiger charge is 2.09. The SMILES string of the molecule is CNC(Cc1ccccc1)Cc1ccn(C)n1. The number of likely N-dealkylation sites (N-methyl/N-ethyl adjacent to an activating group) is 1. The van der Waals surface area contributed by atoms with Crippen LogP contribution in [0.1, 0.15) is 11.3 Å². The summed E-state index contributed by atoms with van der Waals surface area (Å²) in [6.45, 7) is 0. The van der Waals surface area contributed by atoms with Gasteiger partial charge in [0.15, 0.2) is 0 Å². The second-order valence-electron chi connectivity index (χ2n) is 4.36. The Morgan fingerprint density at radius 1 is 1.18 bits per heavy atom. The molecule has 0 saturated carbocycles. The van der Waals surface area contributed by atoms with Crippen molar-refractivity contribution in [2.75, 3.05) is 7.05 Å². The predicted octanol–water partition coefficient (Wildman–Crippen LogP) is 1.79. The zero-order valence-electron chi connectivity index (χ0n) is 10.4. The van der Waals surface area contributed by atoms with Crippen LogP contribution in [0.5, 0.6) is 0 Å². The standard InChI is InChI=1S/C14H19N3/c1-15-14(10-12-6-4-3-5-7-12)11-13-8-9-17(2)16-13/h3-9,14-15H,10-11H2,1-2H3. The van der Waals surface area contributed by atoms with Gasteiger partial charge in [-0.1, -0.05) is 30.3 Å². The maximum absolute atomic E-state index is 4.42. The van der Waals surface area contributed by atoms with E-state index in [4.69, 9.17) is 0 Å². The third-order valence-electron chi connectivity index (χ3n) is 2.96. The average Bonchev–Trinajstić information content (AvgIpc) is 2.75. The minimum Gasteiger partial charge on any atom is -0.316 e. The average molecular weight is 229 g/mol. The summed E-state index contributed by atoms with van der Waals surface area (Å²) in [7, 11) is 3.96. The summed E-state index contributed by atoms with van der Waals surface area (Å²) in [5, 5.41) is 7.78. The van der Waals surface area contributed by atoms with Crippen LogP contribution in [0.3, 0.4) is 0 Å². The lowest BCUT2D eigenvalue weighted by Gasteiger charge is -2.14. The van der Waals surface area contributed by atoms with Gasteiger partial charge in [0.05, 0.1) is 5.69 Å². The molecule has 17 heavy (non-hydrogen) atoms. The van der Waals surface area contributed by atoms with Gasteiger partial charge in [0.2, 0.25) is 0 Å². The van der Waals surface area contributed by atoms with E-state index in [9.17, 15) is 0 Å². The van der Waals surface area contributed by atoms with Crippen molar-refractivity contribution < 1.29 is 0 Å². The van der Waals surface area contributed by atoms with Crippen molar-refractivity contribution in [2.45, 2.75) is 18.9 Å². The van der Waals surface area contributed by atoms with Crippen molar-refractivity contribution in [3.8, 4) is 0 Å². The van der Waals surface area contributed by atoms with Crippen LogP contribution in [0, 0.1) is 0 Å². The molecule has 1 unspecified atom stereocenters. The van der Waals surface area contributed by atoms with Crippen molar-refractivity contribution in [2.24, 2.45) is 7.05 Å². The molecule has 1 N–H and O–H groups in total. The van der Waals surface area contributed by atoms with Gasteiger partial charge in [-0.3, -0.25) is 4.68 Å². The van der Waals surface area contributed by atoms with E-state index in [2.05, 4.69) is 46.8 Å². The molecule has 1 atom stereocenters. The Hall–Kier alpha value is -1.61. The normalized spacial score (nSPS) is 12.6. The van der Waals surface area contributed by atoms with E-state index in [1.807, 2.05) is 25.0 Å². The molecule has 0 amide bonds. The van der Waals surface area contributed by atoms with Crippen LogP contribution < -0.4 is 5.32 Å². The molecule has 0 aliphatic rings. The molecule has 0 radical (unpaired) electrons. The van der Waals surface area contributed by atoms with E-state index in [1.165, 1.54) is 5.56 Å². The third kappa shape index (κ3) is 3.43.